The maximum atomic E-state index is 12.1. The summed E-state index contributed by atoms with van der Waals surface area (Å²) in [4.78, 5) is 33.6. The largest absolute Gasteiger partial charge is 0.349 e. The normalized spacial score (nSPS) is 13.8. The van der Waals surface area contributed by atoms with Gasteiger partial charge in [-0.15, -0.1) is 0 Å². The standard InChI is InChI=1S/C17H23N7O/c1-23(2)16-20-14(21-17(22-16)24-8-3-4-9-24)12-19-15(25)10-13-6-5-7-18-11-13/h5-7,11H,3-4,8-10,12H2,1-2H3,(H,19,25). The van der Waals surface area contributed by atoms with Gasteiger partial charge in [-0.25, -0.2) is 0 Å². The van der Waals surface area contributed by atoms with Crippen LogP contribution in [0.5, 0.6) is 0 Å². The van der Waals surface area contributed by atoms with Crippen LogP contribution in [0.25, 0.3) is 0 Å². The topological polar surface area (TPSA) is 87.1 Å². The van der Waals surface area contributed by atoms with Gasteiger partial charge in [0.05, 0.1) is 13.0 Å². The van der Waals surface area contributed by atoms with Crippen LogP contribution >= 0.6 is 0 Å². The molecule has 0 atom stereocenters. The molecule has 1 aliphatic rings. The number of aromatic nitrogens is 4. The van der Waals surface area contributed by atoms with E-state index in [0.29, 0.717) is 24.1 Å². The van der Waals surface area contributed by atoms with Crippen molar-refractivity contribution in [3.63, 3.8) is 0 Å². The predicted octanol–water partition coefficient (Wildman–Crippen LogP) is 0.792. The molecule has 1 amide bonds. The van der Waals surface area contributed by atoms with Crippen molar-refractivity contribution in [2.24, 2.45) is 0 Å². The number of anilines is 2. The Bertz CT molecular complexity index is 714. The molecule has 0 spiro atoms. The maximum absolute atomic E-state index is 12.1. The third kappa shape index (κ3) is 4.62. The summed E-state index contributed by atoms with van der Waals surface area (Å²) in [5.41, 5.74) is 0.877. The van der Waals surface area contributed by atoms with E-state index in [2.05, 4.69) is 30.2 Å². The summed E-state index contributed by atoms with van der Waals surface area (Å²) in [7, 11) is 3.79. The zero-order chi connectivity index (χ0) is 17.6. The van der Waals surface area contributed by atoms with Crippen molar-refractivity contribution in [2.45, 2.75) is 25.8 Å². The lowest BCUT2D eigenvalue weighted by molar-refractivity contribution is -0.120. The molecule has 25 heavy (non-hydrogen) atoms. The molecule has 8 heteroatoms. The number of nitrogens with one attached hydrogen (secondary N) is 1. The fourth-order valence-corrected chi connectivity index (χ4v) is 2.66. The Hall–Kier alpha value is -2.77. The van der Waals surface area contributed by atoms with Crippen LogP contribution in [0.2, 0.25) is 0 Å². The van der Waals surface area contributed by atoms with E-state index < -0.39 is 0 Å². The van der Waals surface area contributed by atoms with Crippen molar-refractivity contribution < 1.29 is 4.79 Å². The molecule has 0 aliphatic carbocycles. The van der Waals surface area contributed by atoms with E-state index in [0.717, 1.165) is 31.5 Å². The highest BCUT2D eigenvalue weighted by Crippen LogP contribution is 2.17. The van der Waals surface area contributed by atoms with Crippen LogP contribution in [0.3, 0.4) is 0 Å². The Morgan fingerprint density at radius 3 is 2.72 bits per heavy atom. The first-order valence-corrected chi connectivity index (χ1v) is 8.44. The molecule has 0 bridgehead atoms. The number of hydrogen-bond acceptors (Lipinski definition) is 7. The highest BCUT2D eigenvalue weighted by Gasteiger charge is 2.18. The highest BCUT2D eigenvalue weighted by atomic mass is 16.1. The first-order valence-electron chi connectivity index (χ1n) is 8.44. The van der Waals surface area contributed by atoms with Crippen LogP contribution < -0.4 is 15.1 Å². The third-order valence-corrected chi connectivity index (χ3v) is 3.98. The molecular weight excluding hydrogens is 318 g/mol. The molecule has 3 heterocycles. The maximum Gasteiger partial charge on any atom is 0.230 e. The fraction of sp³-hybridized carbons (Fsp3) is 0.471. The molecular formula is C17H23N7O. The molecule has 1 N–H and O–H groups in total. The molecule has 1 saturated heterocycles. The SMILES string of the molecule is CN(C)c1nc(CNC(=O)Cc2cccnc2)nc(N2CCCC2)n1. The van der Waals surface area contributed by atoms with Crippen LogP contribution in [0.1, 0.15) is 24.2 Å². The van der Waals surface area contributed by atoms with Gasteiger partial charge in [-0.2, -0.15) is 15.0 Å². The van der Waals surface area contributed by atoms with Crippen LogP contribution in [0, 0.1) is 0 Å². The van der Waals surface area contributed by atoms with Gasteiger partial charge < -0.3 is 15.1 Å². The van der Waals surface area contributed by atoms with Gasteiger partial charge in [-0.1, -0.05) is 6.07 Å². The van der Waals surface area contributed by atoms with Gasteiger partial charge in [0, 0.05) is 39.6 Å². The summed E-state index contributed by atoms with van der Waals surface area (Å²) in [5, 5.41) is 2.87. The van der Waals surface area contributed by atoms with Gasteiger partial charge in [0.25, 0.3) is 0 Å². The van der Waals surface area contributed by atoms with E-state index in [9.17, 15) is 4.79 Å². The number of carbonyl (C=O) groups excluding carboxylic acids is 1. The molecule has 0 aromatic carbocycles. The van der Waals surface area contributed by atoms with Gasteiger partial charge in [0.15, 0.2) is 5.82 Å². The smallest absolute Gasteiger partial charge is 0.230 e. The lowest BCUT2D eigenvalue weighted by Crippen LogP contribution is -2.28. The second-order valence-corrected chi connectivity index (χ2v) is 6.26. The van der Waals surface area contributed by atoms with E-state index in [1.54, 1.807) is 12.4 Å². The number of amides is 1. The Kier molecular flexibility index (Phi) is 5.37. The van der Waals surface area contributed by atoms with E-state index in [1.807, 2.05) is 31.1 Å². The molecule has 0 saturated carbocycles. The first-order chi connectivity index (χ1) is 12.1. The van der Waals surface area contributed by atoms with Crippen molar-refractivity contribution in [3.05, 3.63) is 35.9 Å². The van der Waals surface area contributed by atoms with E-state index in [4.69, 9.17) is 0 Å². The van der Waals surface area contributed by atoms with Gasteiger partial charge >= 0.3 is 0 Å². The average Bonchev–Trinajstić information content (AvgIpc) is 3.15. The van der Waals surface area contributed by atoms with Crippen molar-refractivity contribution in [2.75, 3.05) is 37.0 Å². The molecule has 0 radical (unpaired) electrons. The van der Waals surface area contributed by atoms with Crippen molar-refractivity contribution in [3.8, 4) is 0 Å². The minimum Gasteiger partial charge on any atom is -0.349 e. The van der Waals surface area contributed by atoms with Gasteiger partial charge in [0.1, 0.15) is 0 Å². The number of rotatable bonds is 6. The van der Waals surface area contributed by atoms with E-state index in [1.165, 1.54) is 0 Å². The monoisotopic (exact) mass is 341 g/mol. The summed E-state index contributed by atoms with van der Waals surface area (Å²) < 4.78 is 0. The van der Waals surface area contributed by atoms with E-state index in [-0.39, 0.29) is 12.5 Å². The molecule has 2 aromatic heterocycles. The summed E-state index contributed by atoms with van der Waals surface area (Å²) >= 11 is 0. The summed E-state index contributed by atoms with van der Waals surface area (Å²) in [6.45, 7) is 2.21. The van der Waals surface area contributed by atoms with Crippen molar-refractivity contribution >= 4 is 17.8 Å². The summed E-state index contributed by atoms with van der Waals surface area (Å²) in [6.07, 6.45) is 5.98. The third-order valence-electron chi connectivity index (χ3n) is 3.98. The second kappa shape index (κ2) is 7.87. The van der Waals surface area contributed by atoms with Crippen LogP contribution in [-0.4, -0.2) is 53.0 Å². The van der Waals surface area contributed by atoms with Crippen molar-refractivity contribution in [1.82, 2.24) is 25.3 Å². The van der Waals surface area contributed by atoms with Crippen LogP contribution in [0.4, 0.5) is 11.9 Å². The molecule has 1 fully saturated rings. The molecule has 1 aliphatic heterocycles. The number of hydrogen-bond donors (Lipinski definition) is 1. The second-order valence-electron chi connectivity index (χ2n) is 6.26. The zero-order valence-corrected chi connectivity index (χ0v) is 14.6. The van der Waals surface area contributed by atoms with Gasteiger partial charge in [-0.05, 0) is 24.5 Å². The zero-order valence-electron chi connectivity index (χ0n) is 14.6. The highest BCUT2D eigenvalue weighted by molar-refractivity contribution is 5.78. The Balaban J connectivity index is 1.67. The summed E-state index contributed by atoms with van der Waals surface area (Å²) in [5.74, 6) is 1.78. The molecule has 132 valence electrons. The quantitative estimate of drug-likeness (QED) is 0.831. The lowest BCUT2D eigenvalue weighted by atomic mass is 10.2. The number of carbonyl (C=O) groups is 1. The minimum atomic E-state index is -0.0810. The average molecular weight is 341 g/mol. The first kappa shape index (κ1) is 17.1. The molecule has 3 rings (SSSR count). The molecule has 0 unspecified atom stereocenters. The van der Waals surface area contributed by atoms with Crippen molar-refractivity contribution in [1.29, 1.82) is 0 Å². The molecule has 2 aromatic rings. The Labute approximate surface area is 147 Å². The Morgan fingerprint density at radius 1 is 1.24 bits per heavy atom. The Morgan fingerprint density at radius 2 is 2.04 bits per heavy atom. The minimum absolute atomic E-state index is 0.0810. The number of nitrogens with zero attached hydrogens (tertiary/aromatic N) is 6. The van der Waals surface area contributed by atoms with Crippen LogP contribution in [-0.2, 0) is 17.8 Å². The lowest BCUT2D eigenvalue weighted by Gasteiger charge is -2.18. The van der Waals surface area contributed by atoms with Gasteiger partial charge in [-0.3, -0.25) is 9.78 Å². The summed E-state index contributed by atoms with van der Waals surface area (Å²) in [6, 6.07) is 3.70. The van der Waals surface area contributed by atoms with E-state index >= 15 is 0 Å². The fourth-order valence-electron chi connectivity index (χ4n) is 2.66. The van der Waals surface area contributed by atoms with Gasteiger partial charge in [0.2, 0.25) is 17.8 Å². The predicted molar refractivity (Wildman–Crippen MR) is 95.4 cm³/mol. The number of pyridine rings is 1. The molecule has 8 nitrogen and oxygen atoms in total. The van der Waals surface area contributed by atoms with Crippen LogP contribution in [0.15, 0.2) is 24.5 Å².